The number of aliphatic hydroxyl groups is 1. The van der Waals surface area contributed by atoms with Gasteiger partial charge in [-0.15, -0.1) is 0 Å². The van der Waals surface area contributed by atoms with Gasteiger partial charge in [-0.2, -0.15) is 0 Å². The summed E-state index contributed by atoms with van der Waals surface area (Å²) < 4.78 is 29.5. The van der Waals surface area contributed by atoms with Crippen molar-refractivity contribution in [3.63, 3.8) is 0 Å². The van der Waals surface area contributed by atoms with Crippen LogP contribution < -0.4 is 19.5 Å². The lowest BCUT2D eigenvalue weighted by Crippen LogP contribution is -2.55. The van der Waals surface area contributed by atoms with Crippen LogP contribution in [-0.4, -0.2) is 86.5 Å². The van der Waals surface area contributed by atoms with E-state index in [1.54, 1.807) is 44.6 Å². The Hall–Kier alpha value is -2.88. The van der Waals surface area contributed by atoms with Crippen LogP contribution in [0.15, 0.2) is 42.5 Å². The standard InChI is InChI=1S/C24H32FN3O5/c1-17-13-27(15-24(30)26-18-10-20(31-2)12-21(11-18)32-3)8-9-28(17)14-19(29)16-33-23-7-5-4-6-22(23)25/h4-7,10-12,17,19,29H,8-9,13-16H2,1-3H3,(H,26,30)/t17-,19-/m0/s1. The van der Waals surface area contributed by atoms with E-state index in [1.165, 1.54) is 12.1 Å². The number of nitrogens with zero attached hydrogens (tertiary/aromatic N) is 2. The molecule has 0 radical (unpaired) electrons. The van der Waals surface area contributed by atoms with Crippen LogP contribution in [-0.2, 0) is 4.79 Å². The monoisotopic (exact) mass is 461 g/mol. The highest BCUT2D eigenvalue weighted by molar-refractivity contribution is 5.92. The smallest absolute Gasteiger partial charge is 0.238 e. The Labute approximate surface area is 193 Å². The molecule has 0 spiro atoms. The van der Waals surface area contributed by atoms with E-state index in [9.17, 15) is 14.3 Å². The van der Waals surface area contributed by atoms with Gasteiger partial charge in [0, 0.05) is 56.1 Å². The normalized spacial score (nSPS) is 17.9. The highest BCUT2D eigenvalue weighted by Gasteiger charge is 2.26. The van der Waals surface area contributed by atoms with Crippen LogP contribution in [0.1, 0.15) is 6.92 Å². The number of carbonyl (C=O) groups excluding carboxylic acids is 1. The van der Waals surface area contributed by atoms with Crippen molar-refractivity contribution in [3.05, 3.63) is 48.3 Å². The molecule has 180 valence electrons. The van der Waals surface area contributed by atoms with E-state index in [-0.39, 0.29) is 30.9 Å². The van der Waals surface area contributed by atoms with Gasteiger partial charge in [-0.3, -0.25) is 14.6 Å². The summed E-state index contributed by atoms with van der Waals surface area (Å²) in [5.41, 5.74) is 0.612. The zero-order valence-corrected chi connectivity index (χ0v) is 19.3. The summed E-state index contributed by atoms with van der Waals surface area (Å²) in [5.74, 6) is 0.768. The quantitative estimate of drug-likeness (QED) is 0.561. The number of nitrogens with one attached hydrogen (secondary N) is 1. The molecule has 2 N–H and O–H groups in total. The Kier molecular flexibility index (Phi) is 8.87. The van der Waals surface area contributed by atoms with Gasteiger partial charge in [-0.25, -0.2) is 4.39 Å². The van der Waals surface area contributed by atoms with Crippen molar-refractivity contribution in [2.75, 3.05) is 58.9 Å². The first-order valence-corrected chi connectivity index (χ1v) is 10.9. The Morgan fingerprint density at radius 3 is 2.52 bits per heavy atom. The number of carbonyl (C=O) groups is 1. The second kappa shape index (κ2) is 11.8. The van der Waals surface area contributed by atoms with Crippen LogP contribution in [0.5, 0.6) is 17.2 Å². The third-order valence-corrected chi connectivity index (χ3v) is 5.56. The van der Waals surface area contributed by atoms with Crippen molar-refractivity contribution in [2.24, 2.45) is 0 Å². The lowest BCUT2D eigenvalue weighted by molar-refractivity contribution is -0.118. The van der Waals surface area contributed by atoms with Gasteiger partial charge in [-0.05, 0) is 19.1 Å². The second-order valence-corrected chi connectivity index (χ2v) is 8.12. The number of hydrogen-bond donors (Lipinski definition) is 2. The Balaban J connectivity index is 1.44. The molecule has 1 aliphatic rings. The molecular formula is C24H32FN3O5. The van der Waals surface area contributed by atoms with E-state index in [0.717, 1.165) is 0 Å². The van der Waals surface area contributed by atoms with Crippen LogP contribution in [0.4, 0.5) is 10.1 Å². The van der Waals surface area contributed by atoms with Crippen molar-refractivity contribution >= 4 is 11.6 Å². The number of β-amino-alcohol motifs (C(OH)–C–C–N with tert-alkyl or cyclic N) is 1. The molecule has 2 aromatic carbocycles. The first-order valence-electron chi connectivity index (χ1n) is 10.9. The maximum Gasteiger partial charge on any atom is 0.238 e. The minimum atomic E-state index is -0.745. The second-order valence-electron chi connectivity index (χ2n) is 8.12. The predicted molar refractivity (Wildman–Crippen MR) is 124 cm³/mol. The van der Waals surface area contributed by atoms with Crippen molar-refractivity contribution in [1.82, 2.24) is 9.80 Å². The number of methoxy groups -OCH3 is 2. The molecule has 8 nitrogen and oxygen atoms in total. The Morgan fingerprint density at radius 2 is 1.88 bits per heavy atom. The van der Waals surface area contributed by atoms with Crippen molar-refractivity contribution in [1.29, 1.82) is 0 Å². The lowest BCUT2D eigenvalue weighted by Gasteiger charge is -2.40. The number of amides is 1. The molecule has 0 unspecified atom stereocenters. The van der Waals surface area contributed by atoms with Crippen LogP contribution in [0.3, 0.4) is 0 Å². The molecule has 9 heteroatoms. The molecule has 1 heterocycles. The average molecular weight is 462 g/mol. The summed E-state index contributed by atoms with van der Waals surface area (Å²) >= 11 is 0. The van der Waals surface area contributed by atoms with Crippen LogP contribution in [0, 0.1) is 5.82 Å². The number of para-hydroxylation sites is 1. The molecule has 0 bridgehead atoms. The molecule has 0 aliphatic carbocycles. The van der Waals surface area contributed by atoms with Crippen molar-refractivity contribution in [3.8, 4) is 17.2 Å². The molecule has 0 saturated carbocycles. The largest absolute Gasteiger partial charge is 0.497 e. The van der Waals surface area contributed by atoms with Gasteiger partial charge in [0.2, 0.25) is 5.91 Å². The van der Waals surface area contributed by atoms with Gasteiger partial charge < -0.3 is 24.6 Å². The molecule has 1 amide bonds. The fourth-order valence-electron chi connectivity index (χ4n) is 3.84. The fourth-order valence-corrected chi connectivity index (χ4v) is 3.84. The van der Waals surface area contributed by atoms with E-state index in [2.05, 4.69) is 22.0 Å². The molecule has 1 saturated heterocycles. The van der Waals surface area contributed by atoms with Gasteiger partial charge in [0.25, 0.3) is 0 Å². The topological polar surface area (TPSA) is 83.5 Å². The lowest BCUT2D eigenvalue weighted by atomic mass is 10.1. The molecule has 0 aromatic heterocycles. The summed E-state index contributed by atoms with van der Waals surface area (Å²) in [5, 5.41) is 13.2. The molecule has 2 aromatic rings. The number of anilines is 1. The molecule has 2 atom stereocenters. The number of piperazine rings is 1. The van der Waals surface area contributed by atoms with Crippen molar-refractivity contribution in [2.45, 2.75) is 19.1 Å². The van der Waals surface area contributed by atoms with Gasteiger partial charge in [-0.1, -0.05) is 12.1 Å². The zero-order valence-electron chi connectivity index (χ0n) is 19.3. The number of benzene rings is 2. The summed E-state index contributed by atoms with van der Waals surface area (Å²) in [6, 6.07) is 11.5. The highest BCUT2D eigenvalue weighted by atomic mass is 19.1. The number of hydrogen-bond acceptors (Lipinski definition) is 7. The predicted octanol–water partition coefficient (Wildman–Crippen LogP) is 2.23. The third kappa shape index (κ3) is 7.31. The fraction of sp³-hybridized carbons (Fsp3) is 0.458. The van der Waals surface area contributed by atoms with Crippen LogP contribution in [0.2, 0.25) is 0 Å². The van der Waals surface area contributed by atoms with Gasteiger partial charge >= 0.3 is 0 Å². The van der Waals surface area contributed by atoms with E-state index < -0.39 is 11.9 Å². The minimum absolute atomic E-state index is 0.0142. The van der Waals surface area contributed by atoms with Gasteiger partial charge in [0.1, 0.15) is 24.2 Å². The Morgan fingerprint density at radius 1 is 1.18 bits per heavy atom. The SMILES string of the molecule is COc1cc(NC(=O)CN2CCN(C[C@H](O)COc3ccccc3F)[C@@H](C)C2)cc(OC)c1. The summed E-state index contributed by atoms with van der Waals surface area (Å²) in [7, 11) is 3.12. The molecule has 1 aliphatic heterocycles. The maximum atomic E-state index is 13.7. The molecule has 3 rings (SSSR count). The first kappa shape index (κ1) is 24.8. The van der Waals surface area contributed by atoms with E-state index in [1.807, 2.05) is 0 Å². The summed E-state index contributed by atoms with van der Waals surface area (Å²) in [4.78, 5) is 16.8. The summed E-state index contributed by atoms with van der Waals surface area (Å²) in [6.07, 6.45) is -0.745. The Bertz CT molecular complexity index is 906. The molecular weight excluding hydrogens is 429 g/mol. The number of rotatable bonds is 10. The van der Waals surface area contributed by atoms with Crippen molar-refractivity contribution < 1.29 is 28.5 Å². The third-order valence-electron chi connectivity index (χ3n) is 5.56. The maximum absolute atomic E-state index is 13.7. The molecule has 1 fully saturated rings. The van der Waals surface area contributed by atoms with Gasteiger partial charge in [0.05, 0.1) is 20.8 Å². The minimum Gasteiger partial charge on any atom is -0.497 e. The van der Waals surface area contributed by atoms with E-state index >= 15 is 0 Å². The van der Waals surface area contributed by atoms with E-state index in [0.29, 0.717) is 43.4 Å². The van der Waals surface area contributed by atoms with Crippen LogP contribution >= 0.6 is 0 Å². The number of aliphatic hydroxyl groups excluding tert-OH is 1. The van der Waals surface area contributed by atoms with Crippen LogP contribution in [0.25, 0.3) is 0 Å². The highest BCUT2D eigenvalue weighted by Crippen LogP contribution is 2.25. The average Bonchev–Trinajstić information content (AvgIpc) is 2.80. The number of ether oxygens (including phenoxy) is 3. The van der Waals surface area contributed by atoms with Gasteiger partial charge in [0.15, 0.2) is 11.6 Å². The van der Waals surface area contributed by atoms with E-state index in [4.69, 9.17) is 14.2 Å². The zero-order chi connectivity index (χ0) is 23.8. The molecule has 33 heavy (non-hydrogen) atoms. The first-order chi connectivity index (χ1) is 15.9. The summed E-state index contributed by atoms with van der Waals surface area (Å²) in [6.45, 7) is 4.84. The number of halogens is 1.